The van der Waals surface area contributed by atoms with Crippen molar-refractivity contribution in [1.29, 1.82) is 0 Å². The molecule has 0 spiro atoms. The number of aryl methyl sites for hydroxylation is 2. The first-order valence-electron chi connectivity index (χ1n) is 5.09. The van der Waals surface area contributed by atoms with Crippen molar-refractivity contribution in [3.63, 3.8) is 0 Å². The molecule has 0 saturated carbocycles. The maximum atomic E-state index is 10.1. The summed E-state index contributed by atoms with van der Waals surface area (Å²) in [5, 5.41) is 16.9. The second kappa shape index (κ2) is 5.10. The minimum Gasteiger partial charge on any atom is -0.388 e. The minimum atomic E-state index is -0.551. The Bertz CT molecular complexity index is 538. The minimum absolute atomic E-state index is 0.472. The van der Waals surface area contributed by atoms with Gasteiger partial charge in [0, 0.05) is 13.5 Å². The summed E-state index contributed by atoms with van der Waals surface area (Å²) in [5.74, 6) is 0. The van der Waals surface area contributed by atoms with Gasteiger partial charge in [0.1, 0.15) is 0 Å². The standard InChI is InChI=1S/C11H12BrClN2OS/c1-6-11(13)8(15(2)14-6)4-9(16)7-3-10(12)17-5-7/h3,5,9,16H,4H2,1-2H3. The third-order valence-electron chi connectivity index (χ3n) is 2.62. The lowest BCUT2D eigenvalue weighted by atomic mass is 10.1. The molecule has 0 bridgehead atoms. The highest BCUT2D eigenvalue weighted by Crippen LogP contribution is 2.29. The van der Waals surface area contributed by atoms with E-state index in [4.69, 9.17) is 11.6 Å². The van der Waals surface area contributed by atoms with Crippen molar-refractivity contribution in [3.05, 3.63) is 37.2 Å². The van der Waals surface area contributed by atoms with E-state index in [1.165, 1.54) is 0 Å². The van der Waals surface area contributed by atoms with Crippen LogP contribution in [0.1, 0.15) is 23.1 Å². The topological polar surface area (TPSA) is 38.0 Å². The second-order valence-electron chi connectivity index (χ2n) is 3.87. The summed E-state index contributed by atoms with van der Waals surface area (Å²) in [6.45, 7) is 1.86. The molecule has 17 heavy (non-hydrogen) atoms. The first kappa shape index (κ1) is 13.1. The van der Waals surface area contributed by atoms with E-state index < -0.39 is 6.10 Å². The molecular weight excluding hydrogens is 324 g/mol. The van der Waals surface area contributed by atoms with Crippen LogP contribution in [-0.2, 0) is 13.5 Å². The lowest BCUT2D eigenvalue weighted by Crippen LogP contribution is -2.06. The van der Waals surface area contributed by atoms with Crippen LogP contribution >= 0.6 is 38.9 Å². The Morgan fingerprint density at radius 2 is 2.35 bits per heavy atom. The number of nitrogens with zero attached hydrogens (tertiary/aromatic N) is 2. The van der Waals surface area contributed by atoms with E-state index in [0.717, 1.165) is 20.7 Å². The second-order valence-corrected chi connectivity index (χ2v) is 6.54. The molecule has 2 aromatic rings. The van der Waals surface area contributed by atoms with Gasteiger partial charge < -0.3 is 5.11 Å². The number of rotatable bonds is 3. The van der Waals surface area contributed by atoms with Gasteiger partial charge in [0.15, 0.2) is 0 Å². The molecule has 1 unspecified atom stereocenters. The molecule has 2 heterocycles. The normalized spacial score (nSPS) is 13.0. The Labute approximate surface area is 117 Å². The van der Waals surface area contributed by atoms with Gasteiger partial charge in [-0.05, 0) is 39.9 Å². The first-order chi connectivity index (χ1) is 7.99. The molecule has 2 rings (SSSR count). The predicted molar refractivity (Wildman–Crippen MR) is 73.6 cm³/mol. The van der Waals surface area contributed by atoms with Gasteiger partial charge >= 0.3 is 0 Å². The number of hydrogen-bond donors (Lipinski definition) is 1. The molecule has 0 radical (unpaired) electrons. The maximum absolute atomic E-state index is 10.1. The zero-order valence-corrected chi connectivity index (χ0v) is 12.6. The highest BCUT2D eigenvalue weighted by Gasteiger charge is 2.17. The summed E-state index contributed by atoms with van der Waals surface area (Å²) >= 11 is 11.1. The van der Waals surface area contributed by atoms with E-state index in [9.17, 15) is 5.11 Å². The summed E-state index contributed by atoms with van der Waals surface area (Å²) in [7, 11) is 1.84. The van der Waals surface area contributed by atoms with Crippen LogP contribution in [0.5, 0.6) is 0 Å². The van der Waals surface area contributed by atoms with Gasteiger partial charge in [-0.3, -0.25) is 4.68 Å². The number of aliphatic hydroxyl groups is 1. The molecule has 0 amide bonds. The van der Waals surface area contributed by atoms with Crippen molar-refractivity contribution in [2.24, 2.45) is 7.05 Å². The Hall–Kier alpha value is -0.360. The SMILES string of the molecule is Cc1nn(C)c(CC(O)c2csc(Br)c2)c1Cl. The predicted octanol–water partition coefficient (Wildman–Crippen LogP) is 3.48. The van der Waals surface area contributed by atoms with Gasteiger partial charge in [-0.2, -0.15) is 5.10 Å². The van der Waals surface area contributed by atoms with E-state index in [-0.39, 0.29) is 0 Å². The number of halogens is 2. The van der Waals surface area contributed by atoms with Gasteiger partial charge in [-0.15, -0.1) is 11.3 Å². The van der Waals surface area contributed by atoms with Crippen LogP contribution in [0, 0.1) is 6.92 Å². The fraction of sp³-hybridized carbons (Fsp3) is 0.364. The van der Waals surface area contributed by atoms with Crippen LogP contribution < -0.4 is 0 Å². The van der Waals surface area contributed by atoms with Gasteiger partial charge in [-0.25, -0.2) is 0 Å². The van der Waals surface area contributed by atoms with Crippen molar-refractivity contribution in [2.75, 3.05) is 0 Å². The molecular formula is C11H12BrClN2OS. The monoisotopic (exact) mass is 334 g/mol. The van der Waals surface area contributed by atoms with E-state index in [1.807, 2.05) is 25.4 Å². The molecule has 1 atom stereocenters. The summed E-state index contributed by atoms with van der Waals surface area (Å²) in [6.07, 6.45) is -0.0795. The van der Waals surface area contributed by atoms with Crippen LogP contribution in [0.2, 0.25) is 5.02 Å². The molecule has 0 fully saturated rings. The Morgan fingerprint density at radius 1 is 1.65 bits per heavy atom. The molecule has 0 aliphatic heterocycles. The maximum Gasteiger partial charge on any atom is 0.0854 e. The van der Waals surface area contributed by atoms with Gasteiger partial charge in [-0.1, -0.05) is 11.6 Å². The van der Waals surface area contributed by atoms with E-state index in [2.05, 4.69) is 21.0 Å². The number of thiophene rings is 1. The average molecular weight is 336 g/mol. The van der Waals surface area contributed by atoms with Crippen molar-refractivity contribution in [2.45, 2.75) is 19.4 Å². The molecule has 0 aromatic carbocycles. The molecule has 6 heteroatoms. The fourth-order valence-electron chi connectivity index (χ4n) is 1.70. The van der Waals surface area contributed by atoms with Crippen LogP contribution in [-0.4, -0.2) is 14.9 Å². The zero-order valence-electron chi connectivity index (χ0n) is 9.44. The van der Waals surface area contributed by atoms with Crippen molar-refractivity contribution in [1.82, 2.24) is 9.78 Å². The zero-order chi connectivity index (χ0) is 12.6. The number of aromatic nitrogens is 2. The van der Waals surface area contributed by atoms with E-state index >= 15 is 0 Å². The molecule has 0 saturated heterocycles. The molecule has 3 nitrogen and oxygen atoms in total. The van der Waals surface area contributed by atoms with E-state index in [1.54, 1.807) is 16.0 Å². The molecule has 0 aliphatic carbocycles. The van der Waals surface area contributed by atoms with Gasteiger partial charge in [0.05, 0.1) is 26.3 Å². The molecule has 92 valence electrons. The summed E-state index contributed by atoms with van der Waals surface area (Å²) in [5.41, 5.74) is 2.55. The third kappa shape index (κ3) is 2.73. The Kier molecular flexibility index (Phi) is 3.92. The highest BCUT2D eigenvalue weighted by atomic mass is 79.9. The third-order valence-corrected chi connectivity index (χ3v) is 4.64. The summed E-state index contributed by atoms with van der Waals surface area (Å²) < 4.78 is 2.74. The largest absolute Gasteiger partial charge is 0.388 e. The lowest BCUT2D eigenvalue weighted by molar-refractivity contribution is 0.176. The Morgan fingerprint density at radius 3 is 2.82 bits per heavy atom. The van der Waals surface area contributed by atoms with Crippen LogP contribution in [0.3, 0.4) is 0 Å². The average Bonchev–Trinajstić information content (AvgIpc) is 2.79. The first-order valence-corrected chi connectivity index (χ1v) is 7.14. The van der Waals surface area contributed by atoms with Crippen molar-refractivity contribution >= 4 is 38.9 Å². The Balaban J connectivity index is 2.21. The van der Waals surface area contributed by atoms with Crippen LogP contribution in [0.15, 0.2) is 15.2 Å². The summed E-state index contributed by atoms with van der Waals surface area (Å²) in [6, 6.07) is 1.92. The smallest absolute Gasteiger partial charge is 0.0854 e. The van der Waals surface area contributed by atoms with Crippen LogP contribution in [0.25, 0.3) is 0 Å². The van der Waals surface area contributed by atoms with Crippen molar-refractivity contribution in [3.8, 4) is 0 Å². The van der Waals surface area contributed by atoms with Crippen LogP contribution in [0.4, 0.5) is 0 Å². The molecule has 2 aromatic heterocycles. The fourth-order valence-corrected chi connectivity index (χ4v) is 3.16. The quantitative estimate of drug-likeness (QED) is 0.932. The van der Waals surface area contributed by atoms with Crippen molar-refractivity contribution < 1.29 is 5.11 Å². The number of hydrogen-bond acceptors (Lipinski definition) is 3. The number of aliphatic hydroxyl groups excluding tert-OH is 1. The summed E-state index contributed by atoms with van der Waals surface area (Å²) in [4.78, 5) is 0. The molecule has 1 N–H and O–H groups in total. The molecule has 0 aliphatic rings. The lowest BCUT2D eigenvalue weighted by Gasteiger charge is -2.09. The van der Waals surface area contributed by atoms with E-state index in [0.29, 0.717) is 11.4 Å². The van der Waals surface area contributed by atoms with Gasteiger partial charge in [0.2, 0.25) is 0 Å². The highest BCUT2D eigenvalue weighted by molar-refractivity contribution is 9.11. The van der Waals surface area contributed by atoms with Gasteiger partial charge in [0.25, 0.3) is 0 Å².